The van der Waals surface area contributed by atoms with Crippen molar-refractivity contribution >= 4 is 22.6 Å². The zero-order valence-electron chi connectivity index (χ0n) is 13.3. The number of aromatic amines is 1. The number of benzene rings is 2. The number of nitrogens with zero attached hydrogens (tertiary/aromatic N) is 2. The third kappa shape index (κ3) is 3.36. The topological polar surface area (TPSA) is 86.0 Å². The molecule has 2 aromatic carbocycles. The van der Waals surface area contributed by atoms with Crippen molar-refractivity contribution in [2.45, 2.75) is 6.04 Å². The molecule has 0 aliphatic rings. The van der Waals surface area contributed by atoms with Crippen LogP contribution in [0.2, 0.25) is 0 Å². The van der Waals surface area contributed by atoms with Crippen LogP contribution in [0, 0.1) is 3.57 Å². The van der Waals surface area contributed by atoms with Crippen LogP contribution in [0.25, 0.3) is 11.4 Å². The molecule has 0 bridgehead atoms. The smallest absolute Gasteiger partial charge is 0.181 e. The molecule has 1 atom stereocenters. The molecule has 0 spiro atoms. The van der Waals surface area contributed by atoms with Gasteiger partial charge in [0.1, 0.15) is 5.82 Å². The van der Waals surface area contributed by atoms with Gasteiger partial charge < -0.3 is 15.2 Å². The molecule has 0 amide bonds. The number of hydrogen-bond acceptors (Lipinski definition) is 5. The van der Waals surface area contributed by atoms with Crippen LogP contribution in [-0.4, -0.2) is 29.4 Å². The predicted molar refractivity (Wildman–Crippen MR) is 100 cm³/mol. The summed E-state index contributed by atoms with van der Waals surface area (Å²) in [7, 11) is 3.19. The Morgan fingerprint density at radius 2 is 1.75 bits per heavy atom. The van der Waals surface area contributed by atoms with Gasteiger partial charge in [0, 0.05) is 9.13 Å². The molecule has 0 unspecified atom stereocenters. The summed E-state index contributed by atoms with van der Waals surface area (Å²) in [5.41, 5.74) is 8.12. The van der Waals surface area contributed by atoms with Crippen LogP contribution in [0.3, 0.4) is 0 Å². The maximum absolute atomic E-state index is 6.32. The molecule has 124 valence electrons. The fraction of sp³-hybridized carbons (Fsp3) is 0.176. The van der Waals surface area contributed by atoms with Crippen molar-refractivity contribution < 1.29 is 9.47 Å². The van der Waals surface area contributed by atoms with Gasteiger partial charge in [0.05, 0.1) is 20.3 Å². The predicted octanol–water partition coefficient (Wildman–Crippen LogP) is 3.14. The second-order valence-corrected chi connectivity index (χ2v) is 6.39. The molecule has 24 heavy (non-hydrogen) atoms. The quantitative estimate of drug-likeness (QED) is 0.601. The van der Waals surface area contributed by atoms with E-state index in [0.717, 1.165) is 14.7 Å². The average molecular weight is 436 g/mol. The Hall–Kier alpha value is -2.13. The van der Waals surface area contributed by atoms with Crippen molar-refractivity contribution in [2.24, 2.45) is 5.73 Å². The number of halogens is 1. The van der Waals surface area contributed by atoms with Gasteiger partial charge in [-0.2, -0.15) is 5.10 Å². The summed E-state index contributed by atoms with van der Waals surface area (Å²) in [6, 6.07) is 13.1. The van der Waals surface area contributed by atoms with E-state index in [2.05, 4.69) is 37.8 Å². The fourth-order valence-electron chi connectivity index (χ4n) is 2.35. The lowest BCUT2D eigenvalue weighted by Crippen LogP contribution is -2.14. The van der Waals surface area contributed by atoms with E-state index in [1.54, 1.807) is 14.2 Å². The summed E-state index contributed by atoms with van der Waals surface area (Å²) in [4.78, 5) is 4.52. The first-order valence-corrected chi connectivity index (χ1v) is 8.36. The van der Waals surface area contributed by atoms with Gasteiger partial charge in [0.15, 0.2) is 17.3 Å². The lowest BCUT2D eigenvalue weighted by molar-refractivity contribution is 0.354. The van der Waals surface area contributed by atoms with Crippen molar-refractivity contribution in [3.05, 3.63) is 57.4 Å². The van der Waals surface area contributed by atoms with E-state index >= 15 is 0 Å². The molecule has 3 rings (SSSR count). The van der Waals surface area contributed by atoms with Crippen molar-refractivity contribution in [1.82, 2.24) is 15.2 Å². The summed E-state index contributed by atoms with van der Waals surface area (Å²) in [5, 5.41) is 7.19. The van der Waals surface area contributed by atoms with Crippen LogP contribution in [0.15, 0.2) is 42.5 Å². The molecular formula is C17H17IN4O2. The van der Waals surface area contributed by atoms with Crippen LogP contribution in [0.4, 0.5) is 0 Å². The first-order valence-electron chi connectivity index (χ1n) is 7.28. The molecule has 0 aliphatic heterocycles. The standard InChI is InChI=1S/C17H17IN4O2/c1-23-13-8-5-11(9-14(13)24-2)15(19)17-20-16(21-22-17)10-3-6-12(18)7-4-10/h3-9,15H,19H2,1-2H3,(H,20,21,22)/t15-/m1/s1. The molecule has 1 aromatic heterocycles. The SMILES string of the molecule is COc1ccc([C@@H](N)c2nc(-c3ccc(I)cc3)n[nH]2)cc1OC. The van der Waals surface area contributed by atoms with Gasteiger partial charge in [-0.05, 0) is 52.4 Å². The van der Waals surface area contributed by atoms with Gasteiger partial charge in [0.2, 0.25) is 0 Å². The molecule has 0 saturated carbocycles. The maximum Gasteiger partial charge on any atom is 0.181 e. The van der Waals surface area contributed by atoms with Crippen molar-refractivity contribution in [2.75, 3.05) is 14.2 Å². The first-order chi connectivity index (χ1) is 11.6. The van der Waals surface area contributed by atoms with E-state index in [1.165, 1.54) is 0 Å². The second-order valence-electron chi connectivity index (χ2n) is 5.14. The average Bonchev–Trinajstić information content (AvgIpc) is 3.11. The molecule has 0 aliphatic carbocycles. The molecule has 3 aromatic rings. The Bertz CT molecular complexity index is 833. The maximum atomic E-state index is 6.32. The van der Waals surface area contributed by atoms with Crippen LogP contribution in [0.1, 0.15) is 17.4 Å². The summed E-state index contributed by atoms with van der Waals surface area (Å²) < 4.78 is 11.7. The highest BCUT2D eigenvalue weighted by molar-refractivity contribution is 14.1. The second kappa shape index (κ2) is 7.18. The van der Waals surface area contributed by atoms with Crippen LogP contribution in [-0.2, 0) is 0 Å². The Morgan fingerprint density at radius 3 is 2.42 bits per heavy atom. The number of aromatic nitrogens is 3. The molecule has 1 heterocycles. The van der Waals surface area contributed by atoms with E-state index in [1.807, 2.05) is 42.5 Å². The van der Waals surface area contributed by atoms with Crippen molar-refractivity contribution in [3.8, 4) is 22.9 Å². The third-order valence-electron chi connectivity index (χ3n) is 3.67. The van der Waals surface area contributed by atoms with Gasteiger partial charge in [-0.25, -0.2) is 4.98 Å². The molecule has 0 saturated heterocycles. The minimum absolute atomic E-state index is 0.435. The number of nitrogens with two attached hydrogens (primary N) is 1. The summed E-state index contributed by atoms with van der Waals surface area (Å²) >= 11 is 2.26. The largest absolute Gasteiger partial charge is 0.493 e. The molecule has 0 radical (unpaired) electrons. The summed E-state index contributed by atoms with van der Waals surface area (Å²) in [6.07, 6.45) is 0. The molecule has 6 nitrogen and oxygen atoms in total. The number of methoxy groups -OCH3 is 2. The van der Waals surface area contributed by atoms with Crippen LogP contribution >= 0.6 is 22.6 Å². The van der Waals surface area contributed by atoms with E-state index in [4.69, 9.17) is 15.2 Å². The van der Waals surface area contributed by atoms with Crippen LogP contribution < -0.4 is 15.2 Å². The van der Waals surface area contributed by atoms with Gasteiger partial charge >= 0.3 is 0 Å². The molecule has 0 fully saturated rings. The monoisotopic (exact) mass is 436 g/mol. The van der Waals surface area contributed by atoms with Gasteiger partial charge in [0.25, 0.3) is 0 Å². The minimum Gasteiger partial charge on any atom is -0.493 e. The lowest BCUT2D eigenvalue weighted by Gasteiger charge is -2.13. The molecular weight excluding hydrogens is 419 g/mol. The number of hydrogen-bond donors (Lipinski definition) is 2. The van der Waals surface area contributed by atoms with E-state index in [9.17, 15) is 0 Å². The number of rotatable bonds is 5. The Balaban J connectivity index is 1.88. The summed E-state index contributed by atoms with van der Waals surface area (Å²) in [5.74, 6) is 2.50. The molecule has 3 N–H and O–H groups in total. The van der Waals surface area contributed by atoms with Crippen molar-refractivity contribution in [1.29, 1.82) is 0 Å². The first kappa shape index (κ1) is 16.7. The fourth-order valence-corrected chi connectivity index (χ4v) is 2.71. The lowest BCUT2D eigenvalue weighted by atomic mass is 10.1. The third-order valence-corrected chi connectivity index (χ3v) is 4.39. The van der Waals surface area contributed by atoms with E-state index < -0.39 is 6.04 Å². The van der Waals surface area contributed by atoms with Gasteiger partial charge in [-0.1, -0.05) is 18.2 Å². The Labute approximate surface area is 153 Å². The summed E-state index contributed by atoms with van der Waals surface area (Å²) in [6.45, 7) is 0. The highest BCUT2D eigenvalue weighted by Gasteiger charge is 2.17. The highest BCUT2D eigenvalue weighted by atomic mass is 127. The number of ether oxygens (including phenoxy) is 2. The highest BCUT2D eigenvalue weighted by Crippen LogP contribution is 2.31. The Kier molecular flexibility index (Phi) is 5.00. The Morgan fingerprint density at radius 1 is 1.04 bits per heavy atom. The zero-order chi connectivity index (χ0) is 17.1. The van der Waals surface area contributed by atoms with Crippen LogP contribution in [0.5, 0.6) is 11.5 Å². The van der Waals surface area contributed by atoms with Crippen molar-refractivity contribution in [3.63, 3.8) is 0 Å². The number of nitrogens with one attached hydrogen (secondary N) is 1. The van der Waals surface area contributed by atoms with Gasteiger partial charge in [-0.3, -0.25) is 5.10 Å². The van der Waals surface area contributed by atoms with Gasteiger partial charge in [-0.15, -0.1) is 0 Å². The van der Waals surface area contributed by atoms with E-state index in [0.29, 0.717) is 23.1 Å². The molecule has 7 heteroatoms. The zero-order valence-corrected chi connectivity index (χ0v) is 15.4. The minimum atomic E-state index is -0.435. The normalized spacial score (nSPS) is 12.0. The number of H-pyrrole nitrogens is 1. The van der Waals surface area contributed by atoms with E-state index in [-0.39, 0.29) is 0 Å².